The van der Waals surface area contributed by atoms with Gasteiger partial charge in [0.05, 0.1) is 19.0 Å². The van der Waals surface area contributed by atoms with Gasteiger partial charge >= 0.3 is 0 Å². The van der Waals surface area contributed by atoms with E-state index in [4.69, 9.17) is 27.8 Å². The molecule has 2 aromatic rings. The maximum absolute atomic E-state index is 9.75. The van der Waals surface area contributed by atoms with Gasteiger partial charge in [0.15, 0.2) is 10.6 Å². The molecule has 0 aromatic carbocycles. The normalized spacial score (nSPS) is 27.2. The maximum Gasteiger partial charge on any atom is 0.200 e. The van der Waals surface area contributed by atoms with Crippen molar-refractivity contribution in [3.8, 4) is 0 Å². The van der Waals surface area contributed by atoms with Crippen molar-refractivity contribution in [3.05, 3.63) is 11.0 Å². The van der Waals surface area contributed by atoms with Gasteiger partial charge in [-0.1, -0.05) is 12.2 Å². The van der Waals surface area contributed by atoms with Gasteiger partial charge in [-0.2, -0.15) is 0 Å². The quantitative estimate of drug-likeness (QED) is 0.559. The molecule has 2 aromatic heterocycles. The molecule has 0 aliphatic carbocycles. The van der Waals surface area contributed by atoms with Crippen molar-refractivity contribution < 1.29 is 14.9 Å². The highest BCUT2D eigenvalue weighted by molar-refractivity contribution is 7.71. The highest BCUT2D eigenvalue weighted by atomic mass is 32.1. The van der Waals surface area contributed by atoms with Crippen LogP contribution in [0, 0.1) is 4.64 Å². The number of anilines is 1. The molecule has 0 unspecified atom stereocenters. The molecule has 1 aliphatic rings. The zero-order chi connectivity index (χ0) is 13.6. The highest BCUT2D eigenvalue weighted by Gasteiger charge is 2.35. The van der Waals surface area contributed by atoms with E-state index in [0.29, 0.717) is 22.2 Å². The number of ether oxygens (including phenoxy) is 1. The van der Waals surface area contributed by atoms with Crippen LogP contribution in [0.3, 0.4) is 0 Å². The fourth-order valence-electron chi connectivity index (χ4n) is 2.22. The molecule has 0 radical (unpaired) electrons. The first-order chi connectivity index (χ1) is 9.10. The molecule has 5 N–H and O–H groups in total. The molecule has 3 atom stereocenters. The van der Waals surface area contributed by atoms with E-state index in [9.17, 15) is 5.11 Å². The number of hydrogen-bond acceptors (Lipinski definition) is 7. The molecule has 19 heavy (non-hydrogen) atoms. The van der Waals surface area contributed by atoms with Gasteiger partial charge in [0, 0.05) is 6.42 Å². The second kappa shape index (κ2) is 4.53. The van der Waals surface area contributed by atoms with Crippen molar-refractivity contribution in [1.82, 2.24) is 19.5 Å². The van der Waals surface area contributed by atoms with Crippen LogP contribution in [-0.2, 0) is 4.74 Å². The van der Waals surface area contributed by atoms with Crippen molar-refractivity contribution in [1.29, 1.82) is 0 Å². The number of rotatable bonds is 2. The lowest BCUT2D eigenvalue weighted by Gasteiger charge is -2.13. The number of H-pyrrole nitrogens is 1. The van der Waals surface area contributed by atoms with Gasteiger partial charge in [-0.3, -0.25) is 4.57 Å². The Hall–Kier alpha value is -1.55. The Morgan fingerprint density at radius 2 is 2.42 bits per heavy atom. The number of fused-ring (bicyclic) bond motifs is 1. The zero-order valence-corrected chi connectivity index (χ0v) is 10.7. The minimum Gasteiger partial charge on any atom is -0.394 e. The third-order valence-corrected chi connectivity index (χ3v) is 3.44. The number of nitrogen functional groups attached to an aromatic ring is 1. The number of aromatic nitrogens is 4. The molecular formula is C10H13N5O3S. The van der Waals surface area contributed by atoms with Crippen molar-refractivity contribution >= 4 is 29.3 Å². The van der Waals surface area contributed by atoms with E-state index in [2.05, 4.69) is 15.0 Å². The first kappa shape index (κ1) is 12.5. The molecule has 9 heteroatoms. The number of nitrogens with one attached hydrogen (secondary N) is 1. The van der Waals surface area contributed by atoms with Gasteiger partial charge in [-0.15, -0.1) is 0 Å². The summed E-state index contributed by atoms with van der Waals surface area (Å²) in [7, 11) is 0. The number of aromatic amines is 1. The van der Waals surface area contributed by atoms with Gasteiger partial charge in [0.2, 0.25) is 0 Å². The summed E-state index contributed by atoms with van der Waals surface area (Å²) in [5.41, 5.74) is 6.74. The van der Waals surface area contributed by atoms with Crippen LogP contribution < -0.4 is 5.73 Å². The van der Waals surface area contributed by atoms with Crippen molar-refractivity contribution in [3.63, 3.8) is 0 Å². The lowest BCUT2D eigenvalue weighted by atomic mass is 10.2. The number of aliphatic hydroxyl groups excluding tert-OH is 2. The van der Waals surface area contributed by atoms with Gasteiger partial charge in [-0.25, -0.2) is 9.97 Å². The Bertz CT molecular complexity index is 669. The van der Waals surface area contributed by atoms with E-state index in [1.807, 2.05) is 0 Å². The smallest absolute Gasteiger partial charge is 0.200 e. The first-order valence-corrected chi connectivity index (χ1v) is 6.17. The maximum atomic E-state index is 9.75. The van der Waals surface area contributed by atoms with E-state index in [1.54, 1.807) is 10.9 Å². The van der Waals surface area contributed by atoms with Crippen molar-refractivity contribution in [2.24, 2.45) is 0 Å². The summed E-state index contributed by atoms with van der Waals surface area (Å²) in [6, 6.07) is 0. The van der Waals surface area contributed by atoms with Crippen molar-refractivity contribution in [2.45, 2.75) is 24.9 Å². The number of hydrogen-bond donors (Lipinski definition) is 4. The van der Waals surface area contributed by atoms with Crippen LogP contribution >= 0.6 is 12.2 Å². The standard InChI is InChI=1S/C10H13N5O3S/c11-10-13-8-7(9(19)14-10)12-3-15(8)6-1-4(17)5(2-16)18-6/h3-6,16-17H,1-2H2,(H3,11,13,14,19)/t4-,5+,6-/m1/s1. The third kappa shape index (κ3) is 2.00. The summed E-state index contributed by atoms with van der Waals surface area (Å²) in [6.07, 6.45) is 0.179. The van der Waals surface area contributed by atoms with E-state index in [1.165, 1.54) is 0 Å². The number of aliphatic hydroxyl groups is 2. The Balaban J connectivity index is 2.05. The predicted molar refractivity (Wildman–Crippen MR) is 68.7 cm³/mol. The van der Waals surface area contributed by atoms with Crippen LogP contribution in [-0.4, -0.2) is 48.5 Å². The van der Waals surface area contributed by atoms with Crippen LogP contribution in [0.25, 0.3) is 11.2 Å². The summed E-state index contributed by atoms with van der Waals surface area (Å²) in [5.74, 6) is 0.191. The number of nitrogens with zero attached hydrogens (tertiary/aromatic N) is 3. The Morgan fingerprint density at radius 1 is 1.63 bits per heavy atom. The molecule has 0 bridgehead atoms. The molecule has 1 saturated heterocycles. The Kier molecular flexibility index (Phi) is 2.97. The minimum atomic E-state index is -0.713. The van der Waals surface area contributed by atoms with Gasteiger partial charge in [0.25, 0.3) is 0 Å². The molecule has 1 fully saturated rings. The van der Waals surface area contributed by atoms with Crippen LogP contribution in [0.5, 0.6) is 0 Å². The summed E-state index contributed by atoms with van der Waals surface area (Å²) < 4.78 is 7.57. The fraction of sp³-hybridized carbons (Fsp3) is 0.500. The Morgan fingerprint density at radius 3 is 3.11 bits per heavy atom. The van der Waals surface area contributed by atoms with Crippen LogP contribution in [0.15, 0.2) is 6.33 Å². The lowest BCUT2D eigenvalue weighted by molar-refractivity contribution is -0.0432. The zero-order valence-electron chi connectivity index (χ0n) is 9.85. The average molecular weight is 283 g/mol. The molecule has 0 amide bonds. The van der Waals surface area contributed by atoms with E-state index in [0.717, 1.165) is 0 Å². The molecule has 102 valence electrons. The summed E-state index contributed by atoms with van der Waals surface area (Å²) in [4.78, 5) is 11.0. The van der Waals surface area contributed by atoms with Gasteiger partial charge < -0.3 is 25.7 Å². The van der Waals surface area contributed by atoms with E-state index in [-0.39, 0.29) is 12.6 Å². The second-order valence-electron chi connectivity index (χ2n) is 4.39. The largest absolute Gasteiger partial charge is 0.394 e. The monoisotopic (exact) mass is 283 g/mol. The average Bonchev–Trinajstić information content (AvgIpc) is 2.92. The molecule has 3 heterocycles. The molecule has 0 spiro atoms. The van der Waals surface area contributed by atoms with Crippen LogP contribution in [0.2, 0.25) is 0 Å². The van der Waals surface area contributed by atoms with Crippen molar-refractivity contribution in [2.75, 3.05) is 12.3 Å². The molecule has 1 aliphatic heterocycles. The number of nitrogens with two attached hydrogens (primary N) is 1. The first-order valence-electron chi connectivity index (χ1n) is 5.77. The second-order valence-corrected chi connectivity index (χ2v) is 4.78. The summed E-state index contributed by atoms with van der Waals surface area (Å²) >= 11 is 5.08. The molecular weight excluding hydrogens is 270 g/mol. The van der Waals surface area contributed by atoms with E-state index >= 15 is 0 Å². The van der Waals surface area contributed by atoms with Gasteiger partial charge in [-0.05, 0) is 0 Å². The minimum absolute atomic E-state index is 0.191. The number of imidazole rings is 1. The predicted octanol–water partition coefficient (Wildman–Crippen LogP) is -0.288. The lowest BCUT2D eigenvalue weighted by Crippen LogP contribution is -2.24. The molecule has 0 saturated carbocycles. The third-order valence-electron chi connectivity index (χ3n) is 3.16. The van der Waals surface area contributed by atoms with E-state index < -0.39 is 18.4 Å². The SMILES string of the molecule is Nc1nc(=S)c2ncn([C@H]3C[C@@H](O)[C@H](CO)O3)c2[nH]1. The van der Waals surface area contributed by atoms with Gasteiger partial charge in [0.1, 0.15) is 23.5 Å². The molecule has 8 nitrogen and oxygen atoms in total. The highest BCUT2D eigenvalue weighted by Crippen LogP contribution is 2.30. The summed E-state index contributed by atoms with van der Waals surface area (Å²) in [6.45, 7) is -0.232. The molecule has 3 rings (SSSR count). The fourth-order valence-corrected chi connectivity index (χ4v) is 2.47. The van der Waals surface area contributed by atoms with Crippen LogP contribution in [0.1, 0.15) is 12.6 Å². The Labute approximate surface area is 112 Å². The topological polar surface area (TPSA) is 122 Å². The van der Waals surface area contributed by atoms with Crippen LogP contribution in [0.4, 0.5) is 5.95 Å². The summed E-state index contributed by atoms with van der Waals surface area (Å²) in [5, 5.41) is 18.8.